The van der Waals surface area contributed by atoms with Gasteiger partial charge in [0, 0.05) is 5.75 Å². The zero-order valence-electron chi connectivity index (χ0n) is 24.6. The lowest BCUT2D eigenvalue weighted by atomic mass is 10.0. The lowest BCUT2D eigenvalue weighted by Crippen LogP contribution is -2.71. The van der Waals surface area contributed by atoms with Crippen LogP contribution in [0.3, 0.4) is 0 Å². The number of aromatic nitrogens is 1. The van der Waals surface area contributed by atoms with Crippen LogP contribution in [0.15, 0.2) is 28.8 Å². The van der Waals surface area contributed by atoms with E-state index in [1.165, 1.54) is 0 Å². The first-order chi connectivity index (χ1) is 21.8. The fourth-order valence-corrected chi connectivity index (χ4v) is 7.08. The van der Waals surface area contributed by atoms with Crippen molar-refractivity contribution in [3.63, 3.8) is 0 Å². The molecule has 15 nitrogen and oxygen atoms in total. The molecule has 1 aromatic rings. The number of allylic oxidation sites excluding steroid dienone is 1. The number of hydrogen-bond acceptors (Lipinski definition) is 13. The summed E-state index contributed by atoms with van der Waals surface area (Å²) in [7, 11) is -5.99. The van der Waals surface area contributed by atoms with Crippen molar-refractivity contribution in [2.24, 2.45) is 5.16 Å². The number of oxime groups is 1. The van der Waals surface area contributed by atoms with Gasteiger partial charge in [-0.2, -0.15) is 21.6 Å². The molecule has 47 heavy (non-hydrogen) atoms. The number of ether oxygens (including phenoxy) is 1. The highest BCUT2D eigenvalue weighted by atomic mass is 35.5. The van der Waals surface area contributed by atoms with Crippen LogP contribution in [0.5, 0.6) is 0 Å². The molecule has 2 fully saturated rings. The van der Waals surface area contributed by atoms with E-state index in [1.807, 2.05) is 0 Å². The van der Waals surface area contributed by atoms with Crippen molar-refractivity contribution < 1.29 is 59.6 Å². The number of β-lactam (4-membered cyclic amide) rings is 1. The lowest BCUT2D eigenvalue weighted by molar-refractivity contribution is -0.150. The number of aliphatic carboxylic acids is 1. The van der Waals surface area contributed by atoms with Gasteiger partial charge in [-0.05, 0) is 58.1 Å². The predicted octanol–water partition coefficient (Wildman–Crippen LogP) is 3.93. The number of carbonyl (C=O) groups excluding carboxylic acids is 3. The van der Waals surface area contributed by atoms with Gasteiger partial charge in [0.1, 0.15) is 45.1 Å². The molecule has 0 spiro atoms. The molecule has 1 aromatic heterocycles. The molecule has 0 aromatic carbocycles. The first-order valence-electron chi connectivity index (χ1n) is 13.6. The second-order valence-corrected chi connectivity index (χ2v) is 15.3. The van der Waals surface area contributed by atoms with Crippen molar-refractivity contribution in [2.45, 2.75) is 75.1 Å². The normalized spacial score (nSPS) is 21.0. The topological polar surface area (TPSA) is 203 Å². The van der Waals surface area contributed by atoms with Crippen LogP contribution in [0, 0.1) is 0 Å². The van der Waals surface area contributed by atoms with Gasteiger partial charge in [0.15, 0.2) is 10.8 Å². The summed E-state index contributed by atoms with van der Waals surface area (Å²) in [6.07, 6.45) is 2.84. The van der Waals surface area contributed by atoms with Gasteiger partial charge in [0.25, 0.3) is 11.8 Å². The van der Waals surface area contributed by atoms with E-state index in [2.05, 4.69) is 25.0 Å². The number of amides is 3. The zero-order chi connectivity index (χ0) is 34.9. The number of rotatable bonds is 10. The lowest BCUT2D eigenvalue weighted by Gasteiger charge is -2.49. The molecule has 1 aliphatic carbocycles. The fraction of sp³-hybridized carbons (Fsp3) is 0.520. The standard InChI is InChI=1S/C25H27ClF3N5O10S3/c1-24(2,3)43-23(39)32-22-31-13(17(26)46-22)14(33-44-12-6-4-5-7-12)18(35)30-15-19(36)34-16(21(37)38)11(10-45-20(15)34)8-9-42-47(40,41)25(27,28)29/h8-9,12,15,20H,4-7,10H2,1-3H3,(H,30,35)(H,37,38)(H,31,32,39)/b9-8+,33-14+. The first-order valence-corrected chi connectivity index (χ1v) is 17.2. The number of thioether (sulfide) groups is 1. The zero-order valence-corrected chi connectivity index (χ0v) is 27.8. The molecule has 3 heterocycles. The highest BCUT2D eigenvalue weighted by Gasteiger charge is 2.54. The van der Waals surface area contributed by atoms with E-state index < -0.39 is 67.9 Å². The molecular formula is C25H27ClF3N5O10S3. The molecule has 22 heteroatoms. The van der Waals surface area contributed by atoms with Crippen LogP contribution in [0.25, 0.3) is 0 Å². The second-order valence-electron chi connectivity index (χ2n) is 11.1. The van der Waals surface area contributed by atoms with Gasteiger partial charge in [-0.25, -0.2) is 14.6 Å². The second kappa shape index (κ2) is 13.9. The number of carboxylic acid groups (broad SMARTS) is 1. The Hall–Kier alpha value is -3.56. The van der Waals surface area contributed by atoms with Crippen LogP contribution >= 0.6 is 34.7 Å². The van der Waals surface area contributed by atoms with Crippen LogP contribution in [0.1, 0.15) is 52.1 Å². The monoisotopic (exact) mass is 745 g/mol. The summed E-state index contributed by atoms with van der Waals surface area (Å²) < 4.78 is 68.9. The van der Waals surface area contributed by atoms with Gasteiger partial charge in [-0.3, -0.25) is 19.8 Å². The number of halogens is 4. The number of nitrogens with one attached hydrogen (secondary N) is 2. The maximum absolute atomic E-state index is 13.5. The van der Waals surface area contributed by atoms with Crippen molar-refractivity contribution in [1.29, 1.82) is 0 Å². The SMILES string of the molecule is CC(C)(C)OC(=O)Nc1nc(/C(=N\OC2CCCC2)C(=O)NC2C(=O)N3C(C(=O)O)=C(/C=C/OS(=O)(=O)C(F)(F)F)CSC23)c(Cl)s1. The molecule has 2 unspecified atom stereocenters. The van der Waals surface area contributed by atoms with Crippen LogP contribution in [0.2, 0.25) is 4.34 Å². The average Bonchev–Trinajstić information content (AvgIpc) is 3.59. The third kappa shape index (κ3) is 8.49. The summed E-state index contributed by atoms with van der Waals surface area (Å²) in [5, 5.41) is 17.6. The quantitative estimate of drug-likeness (QED) is 0.0779. The number of carboxylic acids is 1. The predicted molar refractivity (Wildman–Crippen MR) is 162 cm³/mol. The molecular weight excluding hydrogens is 719 g/mol. The maximum Gasteiger partial charge on any atom is 0.534 e. The van der Waals surface area contributed by atoms with Crippen molar-refractivity contribution in [3.05, 3.63) is 33.6 Å². The Morgan fingerprint density at radius 1 is 1.19 bits per heavy atom. The van der Waals surface area contributed by atoms with E-state index in [-0.39, 0.29) is 38.9 Å². The summed E-state index contributed by atoms with van der Waals surface area (Å²) >= 11 is 8.10. The largest absolute Gasteiger partial charge is 0.534 e. The number of nitrogens with zero attached hydrogens (tertiary/aromatic N) is 3. The van der Waals surface area contributed by atoms with Crippen LogP contribution in [0.4, 0.5) is 23.1 Å². The summed E-state index contributed by atoms with van der Waals surface area (Å²) in [6.45, 7) is 4.96. The van der Waals surface area contributed by atoms with Crippen molar-refractivity contribution >= 4 is 79.5 Å². The highest BCUT2D eigenvalue weighted by Crippen LogP contribution is 2.41. The molecule has 0 bridgehead atoms. The molecule has 4 rings (SSSR count). The Morgan fingerprint density at radius 3 is 2.45 bits per heavy atom. The summed E-state index contributed by atoms with van der Waals surface area (Å²) in [5.74, 6) is -3.71. The number of hydrogen-bond donors (Lipinski definition) is 3. The molecule has 0 radical (unpaired) electrons. The van der Waals surface area contributed by atoms with E-state index in [9.17, 15) is 45.9 Å². The Kier molecular flexibility index (Phi) is 10.7. The minimum Gasteiger partial charge on any atom is -0.477 e. The summed E-state index contributed by atoms with van der Waals surface area (Å²) in [5.41, 5.74) is -8.00. The van der Waals surface area contributed by atoms with Crippen LogP contribution < -0.4 is 10.6 Å². The summed E-state index contributed by atoms with van der Waals surface area (Å²) in [6, 6.07) is -1.29. The van der Waals surface area contributed by atoms with Gasteiger partial charge in [-0.15, -0.1) is 11.8 Å². The molecule has 1 saturated carbocycles. The molecule has 1 saturated heterocycles. The Bertz CT molecular complexity index is 1650. The third-order valence-electron chi connectivity index (χ3n) is 6.45. The highest BCUT2D eigenvalue weighted by molar-refractivity contribution is 8.00. The first kappa shape index (κ1) is 36.3. The number of thiazole rings is 1. The molecule has 258 valence electrons. The molecule has 3 aliphatic rings. The number of fused-ring (bicyclic) bond motifs is 1. The van der Waals surface area contributed by atoms with Gasteiger partial charge >= 0.3 is 27.7 Å². The van der Waals surface area contributed by atoms with Crippen molar-refractivity contribution in [2.75, 3.05) is 11.1 Å². The van der Waals surface area contributed by atoms with E-state index in [4.69, 9.17) is 21.2 Å². The van der Waals surface area contributed by atoms with Crippen LogP contribution in [-0.2, 0) is 38.3 Å². The fourth-order valence-electron chi connectivity index (χ4n) is 4.42. The minimum absolute atomic E-state index is 0.0295. The minimum atomic E-state index is -5.99. The van der Waals surface area contributed by atoms with E-state index >= 15 is 0 Å². The molecule has 3 amide bonds. The van der Waals surface area contributed by atoms with Crippen molar-refractivity contribution in [1.82, 2.24) is 15.2 Å². The molecule has 2 atom stereocenters. The molecule has 2 aliphatic heterocycles. The third-order valence-corrected chi connectivity index (χ3v) is 9.85. The Labute approximate surface area is 278 Å². The average molecular weight is 746 g/mol. The van der Waals surface area contributed by atoms with Gasteiger partial charge in [0.2, 0.25) is 0 Å². The van der Waals surface area contributed by atoms with Gasteiger partial charge < -0.3 is 24.2 Å². The number of carbonyl (C=O) groups is 4. The molecule has 3 N–H and O–H groups in total. The number of anilines is 1. The maximum atomic E-state index is 13.5. The Morgan fingerprint density at radius 2 is 1.85 bits per heavy atom. The van der Waals surface area contributed by atoms with Gasteiger partial charge in [-0.1, -0.05) is 28.1 Å². The summed E-state index contributed by atoms with van der Waals surface area (Å²) in [4.78, 5) is 61.5. The van der Waals surface area contributed by atoms with Crippen LogP contribution in [-0.4, -0.2) is 87.4 Å². The smallest absolute Gasteiger partial charge is 0.477 e. The van der Waals surface area contributed by atoms with Gasteiger partial charge in [0.05, 0.1) is 0 Å². The van der Waals surface area contributed by atoms with Crippen molar-refractivity contribution in [3.8, 4) is 0 Å². The Balaban J connectivity index is 1.54. The van der Waals surface area contributed by atoms with E-state index in [1.54, 1.807) is 20.8 Å². The van der Waals surface area contributed by atoms with E-state index in [0.29, 0.717) is 18.9 Å². The van der Waals surface area contributed by atoms with E-state index in [0.717, 1.165) is 40.8 Å². The number of alkyl halides is 3.